The van der Waals surface area contributed by atoms with Crippen molar-refractivity contribution in [3.8, 4) is 0 Å². The second-order valence-corrected chi connectivity index (χ2v) is 6.09. The van der Waals surface area contributed by atoms with Crippen LogP contribution in [-0.2, 0) is 9.59 Å². The molecule has 0 aromatic heterocycles. The van der Waals surface area contributed by atoms with E-state index in [1.54, 1.807) is 6.07 Å². The number of carbonyl (C=O) groups excluding carboxylic acids is 2. The molecule has 0 bridgehead atoms. The van der Waals surface area contributed by atoms with Gasteiger partial charge in [0, 0.05) is 16.8 Å². The van der Waals surface area contributed by atoms with Crippen LogP contribution >= 0.6 is 11.6 Å². The summed E-state index contributed by atoms with van der Waals surface area (Å²) in [7, 11) is 0. The Bertz CT molecular complexity index is 569. The van der Waals surface area contributed by atoms with Gasteiger partial charge in [-0.15, -0.1) is 0 Å². The summed E-state index contributed by atoms with van der Waals surface area (Å²) in [5, 5.41) is 6.39. The first-order chi connectivity index (χ1) is 9.54. The second kappa shape index (κ2) is 5.09. The number of hydrogen-bond donors (Lipinski definition) is 2. The zero-order chi connectivity index (χ0) is 14.3. The SMILES string of the molecule is Cc1ccc(NC(=O)C2CC2C(=O)NC2CC2)cc1Cl. The van der Waals surface area contributed by atoms with Gasteiger partial charge in [-0.25, -0.2) is 0 Å². The zero-order valence-corrected chi connectivity index (χ0v) is 12.0. The van der Waals surface area contributed by atoms with Crippen LogP contribution < -0.4 is 10.6 Å². The van der Waals surface area contributed by atoms with Crippen molar-refractivity contribution >= 4 is 29.1 Å². The molecule has 0 spiro atoms. The van der Waals surface area contributed by atoms with Crippen molar-refractivity contribution in [2.45, 2.75) is 32.2 Å². The molecule has 2 amide bonds. The third kappa shape index (κ3) is 2.96. The number of nitrogens with one attached hydrogen (secondary N) is 2. The summed E-state index contributed by atoms with van der Waals surface area (Å²) in [6.07, 6.45) is 2.78. The number of anilines is 1. The van der Waals surface area contributed by atoms with Crippen LogP contribution in [0.2, 0.25) is 5.02 Å². The molecule has 2 atom stereocenters. The first kappa shape index (κ1) is 13.4. The number of aryl methyl sites for hydroxylation is 1. The fourth-order valence-electron chi connectivity index (χ4n) is 2.22. The van der Waals surface area contributed by atoms with Crippen LogP contribution in [0.3, 0.4) is 0 Å². The molecule has 2 saturated carbocycles. The van der Waals surface area contributed by atoms with Crippen molar-refractivity contribution < 1.29 is 9.59 Å². The Labute approximate surface area is 122 Å². The molecule has 0 radical (unpaired) electrons. The summed E-state index contributed by atoms with van der Waals surface area (Å²) in [6, 6.07) is 5.77. The van der Waals surface area contributed by atoms with Crippen molar-refractivity contribution in [2.75, 3.05) is 5.32 Å². The van der Waals surface area contributed by atoms with Gasteiger partial charge in [-0.05, 0) is 43.9 Å². The van der Waals surface area contributed by atoms with E-state index in [-0.39, 0.29) is 23.7 Å². The maximum Gasteiger partial charge on any atom is 0.228 e. The summed E-state index contributed by atoms with van der Waals surface area (Å²) in [6.45, 7) is 1.91. The molecule has 1 aromatic carbocycles. The van der Waals surface area contributed by atoms with E-state index in [1.165, 1.54) is 0 Å². The van der Waals surface area contributed by atoms with E-state index in [0.29, 0.717) is 23.2 Å². The van der Waals surface area contributed by atoms with Gasteiger partial charge in [-0.1, -0.05) is 17.7 Å². The molecule has 0 saturated heterocycles. The number of rotatable bonds is 4. The van der Waals surface area contributed by atoms with Gasteiger partial charge in [0.05, 0.1) is 11.8 Å². The number of amides is 2. The highest BCUT2D eigenvalue weighted by atomic mass is 35.5. The van der Waals surface area contributed by atoms with Crippen LogP contribution in [0.4, 0.5) is 5.69 Å². The molecule has 2 aliphatic carbocycles. The van der Waals surface area contributed by atoms with E-state index >= 15 is 0 Å². The average Bonchev–Trinajstić information content (AvgIpc) is 3.24. The lowest BCUT2D eigenvalue weighted by atomic mass is 10.2. The van der Waals surface area contributed by atoms with Crippen molar-refractivity contribution in [2.24, 2.45) is 11.8 Å². The van der Waals surface area contributed by atoms with Crippen LogP contribution in [0, 0.1) is 18.8 Å². The molecule has 3 rings (SSSR count). The van der Waals surface area contributed by atoms with Gasteiger partial charge in [-0.2, -0.15) is 0 Å². The summed E-state index contributed by atoms with van der Waals surface area (Å²) in [5.41, 5.74) is 1.65. The fraction of sp³-hybridized carbons (Fsp3) is 0.467. The molecule has 2 N–H and O–H groups in total. The topological polar surface area (TPSA) is 58.2 Å². The second-order valence-electron chi connectivity index (χ2n) is 5.68. The van der Waals surface area contributed by atoms with Gasteiger partial charge in [0.2, 0.25) is 11.8 Å². The Kier molecular flexibility index (Phi) is 3.42. The first-order valence-electron chi connectivity index (χ1n) is 6.92. The molecule has 0 heterocycles. The van der Waals surface area contributed by atoms with Crippen LogP contribution in [0.15, 0.2) is 18.2 Å². The molecule has 5 heteroatoms. The van der Waals surface area contributed by atoms with Crippen LogP contribution in [0.1, 0.15) is 24.8 Å². The first-order valence-corrected chi connectivity index (χ1v) is 7.30. The molecular weight excluding hydrogens is 276 g/mol. The minimum Gasteiger partial charge on any atom is -0.353 e. The van der Waals surface area contributed by atoms with E-state index in [0.717, 1.165) is 18.4 Å². The lowest BCUT2D eigenvalue weighted by Gasteiger charge is -2.07. The lowest BCUT2D eigenvalue weighted by Crippen LogP contribution is -2.29. The Balaban J connectivity index is 1.54. The quantitative estimate of drug-likeness (QED) is 0.896. The predicted molar refractivity (Wildman–Crippen MR) is 77.6 cm³/mol. The fourth-order valence-corrected chi connectivity index (χ4v) is 2.40. The molecule has 2 aliphatic rings. The molecule has 2 fully saturated rings. The van der Waals surface area contributed by atoms with Crippen molar-refractivity contribution in [1.82, 2.24) is 5.32 Å². The molecule has 0 aliphatic heterocycles. The van der Waals surface area contributed by atoms with Crippen LogP contribution in [0.25, 0.3) is 0 Å². The van der Waals surface area contributed by atoms with Crippen LogP contribution in [0.5, 0.6) is 0 Å². The largest absolute Gasteiger partial charge is 0.353 e. The Morgan fingerprint density at radius 3 is 2.55 bits per heavy atom. The molecular formula is C15H17ClN2O2. The predicted octanol–water partition coefficient (Wildman–Crippen LogP) is 2.50. The Hall–Kier alpha value is -1.55. The summed E-state index contributed by atoms with van der Waals surface area (Å²) < 4.78 is 0. The molecule has 1 aromatic rings. The third-order valence-corrected chi connectivity index (χ3v) is 4.23. The summed E-state index contributed by atoms with van der Waals surface area (Å²) in [4.78, 5) is 23.9. The van der Waals surface area contributed by atoms with Gasteiger partial charge in [-0.3, -0.25) is 9.59 Å². The van der Waals surface area contributed by atoms with E-state index in [2.05, 4.69) is 10.6 Å². The minimum atomic E-state index is -0.200. The monoisotopic (exact) mass is 292 g/mol. The average molecular weight is 293 g/mol. The normalized spacial score (nSPS) is 24.1. The minimum absolute atomic E-state index is 0.0228. The highest BCUT2D eigenvalue weighted by Crippen LogP contribution is 2.40. The highest BCUT2D eigenvalue weighted by molar-refractivity contribution is 6.31. The standard InChI is InChI=1S/C15H17ClN2O2/c1-8-2-3-10(6-13(8)16)18-15(20)12-7-11(12)14(19)17-9-4-5-9/h2-3,6,9,11-12H,4-5,7H2,1H3,(H,17,19)(H,18,20). The molecule has 106 valence electrons. The summed E-state index contributed by atoms with van der Waals surface area (Å²) in [5.74, 6) is -0.430. The van der Waals surface area contributed by atoms with Gasteiger partial charge in [0.25, 0.3) is 0 Å². The van der Waals surface area contributed by atoms with Gasteiger partial charge in [0.15, 0.2) is 0 Å². The molecule has 2 unspecified atom stereocenters. The molecule has 4 nitrogen and oxygen atoms in total. The van der Waals surface area contributed by atoms with E-state index in [1.807, 2.05) is 19.1 Å². The van der Waals surface area contributed by atoms with Crippen molar-refractivity contribution in [1.29, 1.82) is 0 Å². The maximum absolute atomic E-state index is 12.1. The Morgan fingerprint density at radius 2 is 1.90 bits per heavy atom. The lowest BCUT2D eigenvalue weighted by molar-refractivity contribution is -0.125. The van der Waals surface area contributed by atoms with Crippen LogP contribution in [-0.4, -0.2) is 17.9 Å². The third-order valence-electron chi connectivity index (χ3n) is 3.83. The summed E-state index contributed by atoms with van der Waals surface area (Å²) >= 11 is 6.02. The maximum atomic E-state index is 12.1. The smallest absolute Gasteiger partial charge is 0.228 e. The van der Waals surface area contributed by atoms with Gasteiger partial charge < -0.3 is 10.6 Å². The number of carbonyl (C=O) groups is 2. The zero-order valence-electron chi connectivity index (χ0n) is 11.3. The number of halogens is 1. The van der Waals surface area contributed by atoms with Crippen molar-refractivity contribution in [3.05, 3.63) is 28.8 Å². The number of hydrogen-bond acceptors (Lipinski definition) is 2. The number of benzene rings is 1. The molecule has 20 heavy (non-hydrogen) atoms. The van der Waals surface area contributed by atoms with Gasteiger partial charge in [0.1, 0.15) is 0 Å². The van der Waals surface area contributed by atoms with E-state index < -0.39 is 0 Å². The van der Waals surface area contributed by atoms with Gasteiger partial charge >= 0.3 is 0 Å². The Morgan fingerprint density at radius 1 is 1.20 bits per heavy atom. The van der Waals surface area contributed by atoms with Crippen molar-refractivity contribution in [3.63, 3.8) is 0 Å². The highest BCUT2D eigenvalue weighted by Gasteiger charge is 2.48. The van der Waals surface area contributed by atoms with E-state index in [9.17, 15) is 9.59 Å². The van der Waals surface area contributed by atoms with E-state index in [4.69, 9.17) is 11.6 Å².